The van der Waals surface area contributed by atoms with Crippen LogP contribution < -0.4 is 15.8 Å². The quantitative estimate of drug-likeness (QED) is 0.644. The second kappa shape index (κ2) is 8.01. The van der Waals surface area contributed by atoms with Crippen LogP contribution in [0.4, 0.5) is 5.69 Å². The number of nitrogens with two attached hydrogens (primary N) is 1. The lowest BCUT2D eigenvalue weighted by Gasteiger charge is -2.19. The number of guanidine groups is 1. The third-order valence-corrected chi connectivity index (χ3v) is 4.24. The van der Waals surface area contributed by atoms with Gasteiger partial charge >= 0.3 is 0 Å². The van der Waals surface area contributed by atoms with Gasteiger partial charge in [-0.25, -0.2) is 9.98 Å². The van der Waals surface area contributed by atoms with E-state index in [9.17, 15) is 0 Å². The van der Waals surface area contributed by atoms with Crippen molar-refractivity contribution in [2.75, 3.05) is 5.32 Å². The van der Waals surface area contributed by atoms with E-state index in [2.05, 4.69) is 33.5 Å². The zero-order chi connectivity index (χ0) is 17.6. The van der Waals surface area contributed by atoms with Crippen molar-refractivity contribution in [3.63, 3.8) is 0 Å². The van der Waals surface area contributed by atoms with Crippen LogP contribution in [-0.4, -0.2) is 17.0 Å². The number of rotatable bonds is 5. The van der Waals surface area contributed by atoms with Crippen molar-refractivity contribution in [1.29, 1.82) is 0 Å². The van der Waals surface area contributed by atoms with Crippen LogP contribution >= 0.6 is 0 Å². The molecular formula is C20H26N4O. The molecule has 0 atom stereocenters. The Morgan fingerprint density at radius 1 is 1.24 bits per heavy atom. The maximum atomic E-state index is 6.08. The summed E-state index contributed by atoms with van der Waals surface area (Å²) in [6.45, 7) is 4.45. The van der Waals surface area contributed by atoms with Crippen LogP contribution in [-0.2, 0) is 19.4 Å². The predicted octanol–water partition coefficient (Wildman–Crippen LogP) is 3.67. The molecule has 3 N–H and O–H groups in total. The van der Waals surface area contributed by atoms with Gasteiger partial charge in [0.25, 0.3) is 0 Å². The van der Waals surface area contributed by atoms with Gasteiger partial charge in [-0.2, -0.15) is 0 Å². The van der Waals surface area contributed by atoms with Crippen molar-refractivity contribution in [1.82, 2.24) is 4.98 Å². The van der Waals surface area contributed by atoms with Crippen molar-refractivity contribution in [2.45, 2.75) is 52.2 Å². The molecule has 1 aliphatic carbocycles. The van der Waals surface area contributed by atoms with Crippen LogP contribution in [0, 0.1) is 0 Å². The average Bonchev–Trinajstić information content (AvgIpc) is 2.61. The second-order valence-electron chi connectivity index (χ2n) is 6.65. The smallest absolute Gasteiger partial charge is 0.213 e. The fourth-order valence-corrected chi connectivity index (χ4v) is 3.07. The van der Waals surface area contributed by atoms with E-state index >= 15 is 0 Å². The van der Waals surface area contributed by atoms with Gasteiger partial charge in [0.05, 0.1) is 12.6 Å². The van der Waals surface area contributed by atoms with Crippen molar-refractivity contribution in [3.8, 4) is 5.88 Å². The molecule has 0 fully saturated rings. The molecule has 0 amide bonds. The standard InChI is InChI=1S/C20H26N4O/c1-14(2)25-19-11-10-15(12-22-19)13-23-20(21)24-18-9-5-7-16-6-3-4-8-17(16)18/h5,7,9-12,14H,3-4,6,8,13H2,1-2H3,(H3,21,23,24). The number of anilines is 1. The van der Waals surface area contributed by atoms with E-state index in [4.69, 9.17) is 10.5 Å². The number of nitrogens with zero attached hydrogens (tertiary/aromatic N) is 2. The minimum absolute atomic E-state index is 0.119. The Morgan fingerprint density at radius 2 is 2.08 bits per heavy atom. The average molecular weight is 338 g/mol. The first-order valence-corrected chi connectivity index (χ1v) is 8.91. The summed E-state index contributed by atoms with van der Waals surface area (Å²) in [5.41, 5.74) is 11.0. The Balaban J connectivity index is 1.63. The van der Waals surface area contributed by atoms with Gasteiger partial charge in [0.1, 0.15) is 0 Å². The van der Waals surface area contributed by atoms with Gasteiger partial charge in [-0.15, -0.1) is 0 Å². The Bertz CT molecular complexity index is 738. The number of pyridine rings is 1. The highest BCUT2D eigenvalue weighted by atomic mass is 16.5. The Morgan fingerprint density at radius 3 is 2.84 bits per heavy atom. The highest BCUT2D eigenvalue weighted by molar-refractivity contribution is 5.93. The van der Waals surface area contributed by atoms with E-state index in [1.807, 2.05) is 26.0 Å². The number of nitrogens with one attached hydrogen (secondary N) is 1. The van der Waals surface area contributed by atoms with Crippen LogP contribution in [0.1, 0.15) is 43.4 Å². The predicted molar refractivity (Wildman–Crippen MR) is 102 cm³/mol. The molecule has 5 heteroatoms. The van der Waals surface area contributed by atoms with Gasteiger partial charge in [-0.05, 0) is 62.3 Å². The van der Waals surface area contributed by atoms with Crippen LogP contribution in [0.2, 0.25) is 0 Å². The van der Waals surface area contributed by atoms with Crippen LogP contribution in [0.25, 0.3) is 0 Å². The lowest BCUT2D eigenvalue weighted by Crippen LogP contribution is -2.24. The SMILES string of the molecule is CC(C)Oc1ccc(CN=C(N)Nc2cccc3c2CCCC3)cn1. The second-order valence-corrected chi connectivity index (χ2v) is 6.65. The molecule has 0 aliphatic heterocycles. The van der Waals surface area contributed by atoms with Gasteiger partial charge in [-0.1, -0.05) is 18.2 Å². The monoisotopic (exact) mass is 338 g/mol. The summed E-state index contributed by atoms with van der Waals surface area (Å²) in [5.74, 6) is 1.06. The topological polar surface area (TPSA) is 72.5 Å². The highest BCUT2D eigenvalue weighted by Crippen LogP contribution is 2.27. The summed E-state index contributed by atoms with van der Waals surface area (Å²) >= 11 is 0. The lowest BCUT2D eigenvalue weighted by atomic mass is 9.90. The van der Waals surface area contributed by atoms with Gasteiger partial charge < -0.3 is 15.8 Å². The minimum Gasteiger partial charge on any atom is -0.475 e. The zero-order valence-electron chi connectivity index (χ0n) is 15.0. The Hall–Kier alpha value is -2.56. The van der Waals surface area contributed by atoms with Gasteiger partial charge in [0, 0.05) is 18.0 Å². The molecule has 1 aromatic heterocycles. The number of hydrogen-bond donors (Lipinski definition) is 2. The molecule has 5 nitrogen and oxygen atoms in total. The molecule has 3 rings (SSSR count). The summed E-state index contributed by atoms with van der Waals surface area (Å²) < 4.78 is 5.54. The van der Waals surface area contributed by atoms with Crippen molar-refractivity contribution in [2.24, 2.45) is 10.7 Å². The van der Waals surface area contributed by atoms with Crippen LogP contribution in [0.15, 0.2) is 41.5 Å². The number of aryl methyl sites for hydroxylation is 1. The van der Waals surface area contributed by atoms with Gasteiger partial charge in [-0.3, -0.25) is 0 Å². The summed E-state index contributed by atoms with van der Waals surface area (Å²) in [5, 5.41) is 3.26. The number of aromatic nitrogens is 1. The third-order valence-electron chi connectivity index (χ3n) is 4.24. The number of fused-ring (bicyclic) bond motifs is 1. The van der Waals surface area contributed by atoms with E-state index < -0.39 is 0 Å². The number of ether oxygens (including phenoxy) is 1. The molecule has 0 spiro atoms. The summed E-state index contributed by atoms with van der Waals surface area (Å²) in [7, 11) is 0. The molecule has 2 aromatic rings. The Labute approximate surface area is 149 Å². The molecular weight excluding hydrogens is 312 g/mol. The Kier molecular flexibility index (Phi) is 5.53. The first-order chi connectivity index (χ1) is 12.1. The van der Waals surface area contributed by atoms with Gasteiger partial charge in [0.2, 0.25) is 5.88 Å². The molecule has 0 bridgehead atoms. The van der Waals surface area contributed by atoms with E-state index in [0.29, 0.717) is 18.4 Å². The number of hydrogen-bond acceptors (Lipinski definition) is 3. The largest absolute Gasteiger partial charge is 0.475 e. The molecule has 0 radical (unpaired) electrons. The summed E-state index contributed by atoms with van der Waals surface area (Å²) in [4.78, 5) is 8.72. The number of aliphatic imine (C=N–C) groups is 1. The zero-order valence-corrected chi connectivity index (χ0v) is 15.0. The molecule has 132 valence electrons. The third kappa shape index (κ3) is 4.72. The fourth-order valence-electron chi connectivity index (χ4n) is 3.07. The maximum absolute atomic E-state index is 6.08. The molecule has 0 saturated carbocycles. The van der Waals surface area contributed by atoms with Crippen molar-refractivity contribution < 1.29 is 4.74 Å². The molecule has 1 aliphatic rings. The minimum atomic E-state index is 0.119. The molecule has 1 heterocycles. The summed E-state index contributed by atoms with van der Waals surface area (Å²) in [6.07, 6.45) is 6.65. The maximum Gasteiger partial charge on any atom is 0.213 e. The number of benzene rings is 1. The molecule has 0 unspecified atom stereocenters. The molecule has 1 aromatic carbocycles. The van der Waals surface area contributed by atoms with E-state index in [-0.39, 0.29) is 6.10 Å². The normalized spacial score (nSPS) is 14.3. The first-order valence-electron chi connectivity index (χ1n) is 8.91. The van der Waals surface area contributed by atoms with Gasteiger partial charge in [0.15, 0.2) is 5.96 Å². The summed E-state index contributed by atoms with van der Waals surface area (Å²) in [6, 6.07) is 10.2. The van der Waals surface area contributed by atoms with Crippen LogP contribution in [0.3, 0.4) is 0 Å². The molecule has 0 saturated heterocycles. The fraction of sp³-hybridized carbons (Fsp3) is 0.400. The van der Waals surface area contributed by atoms with E-state index in [1.165, 1.54) is 24.0 Å². The highest BCUT2D eigenvalue weighted by Gasteiger charge is 2.13. The van der Waals surface area contributed by atoms with Crippen molar-refractivity contribution in [3.05, 3.63) is 53.2 Å². The van der Waals surface area contributed by atoms with E-state index in [0.717, 1.165) is 24.1 Å². The lowest BCUT2D eigenvalue weighted by molar-refractivity contribution is 0.232. The van der Waals surface area contributed by atoms with Crippen molar-refractivity contribution >= 4 is 11.6 Å². The first kappa shape index (κ1) is 17.3. The van der Waals surface area contributed by atoms with E-state index in [1.54, 1.807) is 6.20 Å². The van der Waals surface area contributed by atoms with Crippen LogP contribution in [0.5, 0.6) is 5.88 Å². The molecule has 25 heavy (non-hydrogen) atoms.